The van der Waals surface area contributed by atoms with Crippen molar-refractivity contribution in [1.82, 2.24) is 25.4 Å². The van der Waals surface area contributed by atoms with E-state index in [1.54, 1.807) is 0 Å². The van der Waals surface area contributed by atoms with Crippen LogP contribution in [0.15, 0.2) is 23.2 Å². The fourth-order valence-corrected chi connectivity index (χ4v) is 4.20. The molecule has 3 rings (SSSR count). The molecule has 7 nitrogen and oxygen atoms in total. The number of nitrogens with one attached hydrogen (secondary N) is 2. The van der Waals surface area contributed by atoms with Gasteiger partial charge in [-0.25, -0.2) is 9.98 Å². The minimum Gasteiger partial charge on any atom is -0.357 e. The van der Waals surface area contributed by atoms with Crippen LogP contribution in [0.2, 0.25) is 0 Å². The molecule has 172 valence electrons. The highest BCUT2D eigenvalue weighted by Gasteiger charge is 2.21. The van der Waals surface area contributed by atoms with Crippen LogP contribution in [0.4, 0.5) is 5.82 Å². The van der Waals surface area contributed by atoms with E-state index in [1.807, 2.05) is 24.7 Å². The van der Waals surface area contributed by atoms with Crippen molar-refractivity contribution in [3.05, 3.63) is 40.8 Å². The summed E-state index contributed by atoms with van der Waals surface area (Å²) in [6.45, 7) is 12.1. The van der Waals surface area contributed by atoms with Crippen LogP contribution in [0.1, 0.15) is 56.3 Å². The van der Waals surface area contributed by atoms with Crippen molar-refractivity contribution in [1.29, 1.82) is 0 Å². The molecule has 0 radical (unpaired) electrons. The molecule has 3 heterocycles. The topological polar surface area (TPSA) is 70.4 Å². The molecule has 0 aromatic carbocycles. The predicted molar refractivity (Wildman–Crippen MR) is 140 cm³/mol. The minimum absolute atomic E-state index is 0. The van der Waals surface area contributed by atoms with Crippen LogP contribution < -0.4 is 15.5 Å². The monoisotopic (exact) mass is 539 g/mol. The molecule has 0 bridgehead atoms. The molecular weight excluding hydrogens is 501 g/mol. The van der Waals surface area contributed by atoms with Crippen LogP contribution >= 0.6 is 24.0 Å². The Kier molecular flexibility index (Phi) is 10.1. The number of nitrogens with zero attached hydrogens (tertiary/aromatic N) is 5. The summed E-state index contributed by atoms with van der Waals surface area (Å²) in [7, 11) is 2.03. The number of anilines is 1. The predicted octanol–water partition coefficient (Wildman–Crippen LogP) is 3.59. The van der Waals surface area contributed by atoms with Crippen molar-refractivity contribution in [2.75, 3.05) is 24.5 Å². The maximum atomic E-state index is 4.91. The molecule has 0 atom stereocenters. The van der Waals surface area contributed by atoms with E-state index in [0.29, 0.717) is 12.6 Å². The lowest BCUT2D eigenvalue weighted by Crippen LogP contribution is -2.49. The average molecular weight is 540 g/mol. The number of rotatable bonds is 7. The molecule has 0 spiro atoms. The van der Waals surface area contributed by atoms with E-state index in [-0.39, 0.29) is 24.0 Å². The zero-order valence-electron chi connectivity index (χ0n) is 19.6. The standard InChI is InChI=1S/C23H37N7.HI/c1-6-20-19(21(7-2)29(5)28-20)16-25-23(24-8-3)27-18-12-14-30(15-13-18)22-11-9-10-17(4)26-22;/h9-11,18H,6-8,12-16H2,1-5H3,(H2,24,25,27);1H. The summed E-state index contributed by atoms with van der Waals surface area (Å²) in [4.78, 5) is 12.0. The summed E-state index contributed by atoms with van der Waals surface area (Å²) in [5.74, 6) is 1.99. The molecule has 8 heteroatoms. The van der Waals surface area contributed by atoms with Gasteiger partial charge in [0.2, 0.25) is 0 Å². The van der Waals surface area contributed by atoms with Crippen molar-refractivity contribution < 1.29 is 0 Å². The molecule has 2 aromatic rings. The smallest absolute Gasteiger partial charge is 0.191 e. The Balaban J connectivity index is 0.00000341. The van der Waals surface area contributed by atoms with E-state index in [2.05, 4.69) is 58.5 Å². The van der Waals surface area contributed by atoms with Crippen LogP contribution in [-0.2, 0) is 26.4 Å². The molecule has 1 fully saturated rings. The second-order valence-electron chi connectivity index (χ2n) is 7.94. The molecule has 0 unspecified atom stereocenters. The van der Waals surface area contributed by atoms with Gasteiger partial charge in [-0.1, -0.05) is 19.9 Å². The third-order valence-electron chi connectivity index (χ3n) is 5.80. The van der Waals surface area contributed by atoms with Crippen molar-refractivity contribution in [3.63, 3.8) is 0 Å². The van der Waals surface area contributed by atoms with Crippen LogP contribution in [0.25, 0.3) is 0 Å². The number of hydrogen-bond acceptors (Lipinski definition) is 4. The van der Waals surface area contributed by atoms with E-state index in [4.69, 9.17) is 4.99 Å². The zero-order chi connectivity index (χ0) is 21.5. The van der Waals surface area contributed by atoms with Crippen LogP contribution in [0, 0.1) is 6.92 Å². The quantitative estimate of drug-likeness (QED) is 0.320. The van der Waals surface area contributed by atoms with Gasteiger partial charge in [0.15, 0.2) is 5.96 Å². The molecular formula is C23H38IN7. The Hall–Kier alpha value is -1.84. The SMILES string of the molecule is CCNC(=NCc1c(CC)nn(C)c1CC)NC1CCN(c2cccc(C)n2)CC1.I. The Morgan fingerprint density at radius 3 is 2.52 bits per heavy atom. The first kappa shape index (κ1) is 25.4. The molecule has 2 N–H and O–H groups in total. The van der Waals surface area contributed by atoms with Gasteiger partial charge in [0.25, 0.3) is 0 Å². The number of hydrogen-bond donors (Lipinski definition) is 2. The second-order valence-corrected chi connectivity index (χ2v) is 7.94. The largest absolute Gasteiger partial charge is 0.357 e. The lowest BCUT2D eigenvalue weighted by molar-refractivity contribution is 0.459. The third kappa shape index (κ3) is 6.57. The summed E-state index contributed by atoms with van der Waals surface area (Å²) >= 11 is 0. The molecule has 0 aliphatic carbocycles. The van der Waals surface area contributed by atoms with E-state index in [9.17, 15) is 0 Å². The van der Waals surface area contributed by atoms with Crippen molar-refractivity contribution in [2.24, 2.45) is 12.0 Å². The number of aliphatic imine (C=N–C) groups is 1. The number of aromatic nitrogens is 3. The van der Waals surface area contributed by atoms with Gasteiger partial charge in [-0.15, -0.1) is 24.0 Å². The first-order valence-corrected chi connectivity index (χ1v) is 11.3. The number of pyridine rings is 1. The molecule has 1 aliphatic rings. The van der Waals surface area contributed by atoms with Gasteiger partial charge in [-0.05, 0) is 51.7 Å². The van der Waals surface area contributed by atoms with Gasteiger partial charge in [0.05, 0.1) is 12.2 Å². The maximum Gasteiger partial charge on any atom is 0.191 e. The van der Waals surface area contributed by atoms with E-state index in [1.165, 1.54) is 11.3 Å². The first-order chi connectivity index (χ1) is 14.5. The third-order valence-corrected chi connectivity index (χ3v) is 5.80. The van der Waals surface area contributed by atoms with Gasteiger partial charge in [-0.3, -0.25) is 4.68 Å². The number of aryl methyl sites for hydroxylation is 3. The molecule has 1 saturated heterocycles. The summed E-state index contributed by atoms with van der Waals surface area (Å²) in [5.41, 5.74) is 4.79. The van der Waals surface area contributed by atoms with Crippen LogP contribution in [0.3, 0.4) is 0 Å². The fraction of sp³-hybridized carbons (Fsp3) is 0.609. The Morgan fingerprint density at radius 2 is 1.90 bits per heavy atom. The van der Waals surface area contributed by atoms with Crippen molar-refractivity contribution in [3.8, 4) is 0 Å². The summed E-state index contributed by atoms with van der Waals surface area (Å²) in [6.07, 6.45) is 4.07. The number of halogens is 1. The summed E-state index contributed by atoms with van der Waals surface area (Å²) < 4.78 is 2.01. The highest BCUT2D eigenvalue weighted by atomic mass is 127. The lowest BCUT2D eigenvalue weighted by Gasteiger charge is -2.34. The van der Waals surface area contributed by atoms with Gasteiger partial charge in [-0.2, -0.15) is 5.10 Å². The Bertz CT molecular complexity index is 854. The molecule has 0 amide bonds. The molecule has 1 aliphatic heterocycles. The molecule has 2 aromatic heterocycles. The van der Waals surface area contributed by atoms with Crippen LogP contribution in [0.5, 0.6) is 0 Å². The summed E-state index contributed by atoms with van der Waals surface area (Å²) in [6, 6.07) is 6.67. The van der Waals surface area contributed by atoms with Crippen LogP contribution in [-0.4, -0.2) is 46.4 Å². The van der Waals surface area contributed by atoms with E-state index < -0.39 is 0 Å². The number of piperidine rings is 1. The Morgan fingerprint density at radius 1 is 1.16 bits per heavy atom. The van der Waals surface area contributed by atoms with Gasteiger partial charge >= 0.3 is 0 Å². The molecule has 31 heavy (non-hydrogen) atoms. The van der Waals surface area contributed by atoms with Gasteiger partial charge < -0.3 is 15.5 Å². The number of guanidine groups is 1. The normalized spacial score (nSPS) is 15.0. The fourth-order valence-electron chi connectivity index (χ4n) is 4.20. The zero-order valence-corrected chi connectivity index (χ0v) is 21.9. The average Bonchev–Trinajstić information content (AvgIpc) is 3.07. The van der Waals surface area contributed by atoms with Crippen molar-refractivity contribution >= 4 is 35.8 Å². The van der Waals surface area contributed by atoms with E-state index >= 15 is 0 Å². The van der Waals surface area contributed by atoms with Crippen molar-refractivity contribution in [2.45, 2.75) is 66.0 Å². The van der Waals surface area contributed by atoms with E-state index in [0.717, 1.165) is 68.5 Å². The Labute approximate surface area is 204 Å². The minimum atomic E-state index is 0. The van der Waals surface area contributed by atoms with Gasteiger partial charge in [0, 0.05) is 49.7 Å². The highest BCUT2D eigenvalue weighted by Crippen LogP contribution is 2.19. The second kappa shape index (κ2) is 12.3. The highest BCUT2D eigenvalue weighted by molar-refractivity contribution is 14.0. The molecule has 0 saturated carbocycles. The summed E-state index contributed by atoms with van der Waals surface area (Å²) in [5, 5.41) is 11.8. The van der Waals surface area contributed by atoms with Gasteiger partial charge in [0.1, 0.15) is 5.82 Å². The maximum absolute atomic E-state index is 4.91. The first-order valence-electron chi connectivity index (χ1n) is 11.3. The lowest BCUT2D eigenvalue weighted by atomic mass is 10.1.